The highest BCUT2D eigenvalue weighted by Crippen LogP contribution is 1.94. The first-order valence-corrected chi connectivity index (χ1v) is 3.33. The van der Waals surface area contributed by atoms with Gasteiger partial charge >= 0.3 is 0 Å². The van der Waals surface area contributed by atoms with Gasteiger partial charge in [0.25, 0.3) is 0 Å². The van der Waals surface area contributed by atoms with E-state index in [4.69, 9.17) is 12.2 Å². The summed E-state index contributed by atoms with van der Waals surface area (Å²) in [5, 5.41) is 0. The average molecular weight is 153 g/mol. The molecule has 0 aliphatic carbocycles. The molecule has 0 aromatic carbocycles. The second-order valence-corrected chi connectivity index (χ2v) is 2.27. The van der Waals surface area contributed by atoms with Crippen molar-refractivity contribution in [3.8, 4) is 12.3 Å². The van der Waals surface area contributed by atoms with E-state index in [1.807, 2.05) is 0 Å². The van der Waals surface area contributed by atoms with Crippen LogP contribution in [0.4, 0.5) is 0 Å². The summed E-state index contributed by atoms with van der Waals surface area (Å²) in [6.45, 7) is 1.21. The van der Waals surface area contributed by atoms with E-state index in [9.17, 15) is 9.59 Å². The summed E-state index contributed by atoms with van der Waals surface area (Å²) in [4.78, 5) is 21.3. The molecule has 0 rings (SSSR count). The van der Waals surface area contributed by atoms with Gasteiger partial charge in [-0.3, -0.25) is 9.59 Å². The van der Waals surface area contributed by atoms with Gasteiger partial charge in [-0.25, -0.2) is 0 Å². The second kappa shape index (κ2) is 4.64. The van der Waals surface area contributed by atoms with Crippen molar-refractivity contribution in [2.45, 2.75) is 25.8 Å². The Morgan fingerprint density at radius 2 is 2.18 bits per heavy atom. The van der Waals surface area contributed by atoms with Crippen LogP contribution in [0.25, 0.3) is 0 Å². The number of hydrogen-bond acceptors (Lipinski definition) is 3. The first-order chi connectivity index (χ1) is 5.09. The number of terminal acetylenes is 1. The predicted octanol–water partition coefficient (Wildman–Crippen LogP) is -0.115. The minimum atomic E-state index is -0.719. The van der Waals surface area contributed by atoms with Crippen LogP contribution >= 0.6 is 0 Å². The molecule has 0 aliphatic heterocycles. The summed E-state index contributed by atoms with van der Waals surface area (Å²) in [6.07, 6.45) is 5.77. The molecule has 60 valence electrons. The van der Waals surface area contributed by atoms with Crippen LogP contribution in [0.5, 0.6) is 0 Å². The zero-order chi connectivity index (χ0) is 8.85. The SMILES string of the molecule is C#CCCC(N)C(=O)C(C)=O. The third-order valence-corrected chi connectivity index (χ3v) is 1.28. The number of hydrogen-bond donors (Lipinski definition) is 1. The van der Waals surface area contributed by atoms with E-state index < -0.39 is 17.6 Å². The molecule has 0 aromatic heterocycles. The topological polar surface area (TPSA) is 60.2 Å². The van der Waals surface area contributed by atoms with Gasteiger partial charge in [0.05, 0.1) is 6.04 Å². The molecule has 11 heavy (non-hydrogen) atoms. The van der Waals surface area contributed by atoms with E-state index in [-0.39, 0.29) is 0 Å². The van der Waals surface area contributed by atoms with Crippen molar-refractivity contribution in [2.24, 2.45) is 5.73 Å². The molecule has 2 N–H and O–H groups in total. The summed E-state index contributed by atoms with van der Waals surface area (Å²) in [5.74, 6) is 1.30. The van der Waals surface area contributed by atoms with E-state index >= 15 is 0 Å². The van der Waals surface area contributed by atoms with E-state index in [0.717, 1.165) is 0 Å². The molecular formula is C8H11NO2. The molecule has 0 radical (unpaired) electrons. The molecule has 1 unspecified atom stereocenters. The molecular weight excluding hydrogens is 142 g/mol. The third-order valence-electron chi connectivity index (χ3n) is 1.28. The Balaban J connectivity index is 3.85. The fourth-order valence-electron chi connectivity index (χ4n) is 0.631. The molecule has 0 aromatic rings. The van der Waals surface area contributed by atoms with Crippen molar-refractivity contribution < 1.29 is 9.59 Å². The normalized spacial score (nSPS) is 11.7. The molecule has 0 aliphatic rings. The zero-order valence-corrected chi connectivity index (χ0v) is 6.46. The molecule has 3 nitrogen and oxygen atoms in total. The largest absolute Gasteiger partial charge is 0.321 e. The monoisotopic (exact) mass is 153 g/mol. The van der Waals surface area contributed by atoms with Crippen molar-refractivity contribution in [3.63, 3.8) is 0 Å². The fourth-order valence-corrected chi connectivity index (χ4v) is 0.631. The van der Waals surface area contributed by atoms with Crippen molar-refractivity contribution in [1.29, 1.82) is 0 Å². The summed E-state index contributed by atoms with van der Waals surface area (Å²) in [7, 11) is 0. The van der Waals surface area contributed by atoms with Gasteiger partial charge in [0.15, 0.2) is 5.78 Å². The number of ketones is 2. The van der Waals surface area contributed by atoms with Crippen molar-refractivity contribution in [2.75, 3.05) is 0 Å². The molecule has 0 saturated carbocycles. The van der Waals surface area contributed by atoms with Crippen LogP contribution in [0, 0.1) is 12.3 Å². The fraction of sp³-hybridized carbons (Fsp3) is 0.500. The molecule has 0 amide bonds. The quantitative estimate of drug-likeness (QED) is 0.452. The Labute approximate surface area is 66.0 Å². The van der Waals surface area contributed by atoms with Crippen LogP contribution in [-0.4, -0.2) is 17.6 Å². The molecule has 0 heterocycles. The van der Waals surface area contributed by atoms with Crippen molar-refractivity contribution >= 4 is 11.6 Å². The average Bonchev–Trinajstić information content (AvgIpc) is 1.98. The maximum absolute atomic E-state index is 10.8. The van der Waals surface area contributed by atoms with Crippen LogP contribution in [0.1, 0.15) is 19.8 Å². The number of carbonyl (C=O) groups is 2. The highest BCUT2D eigenvalue weighted by Gasteiger charge is 2.16. The second-order valence-electron chi connectivity index (χ2n) is 2.27. The Bertz CT molecular complexity index is 203. The maximum atomic E-state index is 10.8. The number of rotatable bonds is 4. The first-order valence-electron chi connectivity index (χ1n) is 3.33. The molecule has 3 heteroatoms. The first kappa shape index (κ1) is 9.86. The summed E-state index contributed by atoms with van der Waals surface area (Å²) in [5.41, 5.74) is 5.34. The van der Waals surface area contributed by atoms with Gasteiger partial charge in [-0.1, -0.05) is 0 Å². The zero-order valence-electron chi connectivity index (χ0n) is 6.46. The lowest BCUT2D eigenvalue weighted by Crippen LogP contribution is -2.34. The van der Waals surface area contributed by atoms with Crippen LogP contribution < -0.4 is 5.73 Å². The number of carbonyl (C=O) groups excluding carboxylic acids is 2. The summed E-state index contributed by atoms with van der Waals surface area (Å²) in [6, 6.07) is -0.719. The van der Waals surface area contributed by atoms with Gasteiger partial charge in [-0.2, -0.15) is 0 Å². The Kier molecular flexibility index (Phi) is 4.16. The molecule has 0 spiro atoms. The Morgan fingerprint density at radius 1 is 1.64 bits per heavy atom. The lowest BCUT2D eigenvalue weighted by Gasteiger charge is -2.04. The molecule has 0 bridgehead atoms. The molecule has 0 fully saturated rings. The van der Waals surface area contributed by atoms with E-state index in [2.05, 4.69) is 5.92 Å². The van der Waals surface area contributed by atoms with Gasteiger partial charge in [-0.15, -0.1) is 12.3 Å². The van der Waals surface area contributed by atoms with Gasteiger partial charge < -0.3 is 5.73 Å². The maximum Gasteiger partial charge on any atom is 0.214 e. The summed E-state index contributed by atoms with van der Waals surface area (Å²) >= 11 is 0. The van der Waals surface area contributed by atoms with E-state index in [0.29, 0.717) is 12.8 Å². The highest BCUT2D eigenvalue weighted by atomic mass is 16.2. The lowest BCUT2D eigenvalue weighted by molar-refractivity contribution is -0.136. The van der Waals surface area contributed by atoms with Gasteiger partial charge in [0.2, 0.25) is 5.78 Å². The van der Waals surface area contributed by atoms with Crippen molar-refractivity contribution in [3.05, 3.63) is 0 Å². The lowest BCUT2D eigenvalue weighted by atomic mass is 10.1. The smallest absolute Gasteiger partial charge is 0.214 e. The molecule has 1 atom stereocenters. The molecule has 0 saturated heterocycles. The van der Waals surface area contributed by atoms with Crippen LogP contribution in [0.2, 0.25) is 0 Å². The minimum absolute atomic E-state index is 0.384. The summed E-state index contributed by atoms with van der Waals surface area (Å²) < 4.78 is 0. The van der Waals surface area contributed by atoms with Gasteiger partial charge in [0, 0.05) is 13.3 Å². The minimum Gasteiger partial charge on any atom is -0.321 e. The van der Waals surface area contributed by atoms with Crippen LogP contribution in [-0.2, 0) is 9.59 Å². The van der Waals surface area contributed by atoms with Gasteiger partial charge in [0.1, 0.15) is 0 Å². The third kappa shape index (κ3) is 3.54. The highest BCUT2D eigenvalue weighted by molar-refractivity contribution is 6.38. The van der Waals surface area contributed by atoms with Crippen molar-refractivity contribution in [1.82, 2.24) is 0 Å². The predicted molar refractivity (Wildman–Crippen MR) is 41.7 cm³/mol. The van der Waals surface area contributed by atoms with Gasteiger partial charge in [-0.05, 0) is 6.42 Å². The number of Topliss-reactive ketones (excluding diaryl/α,β-unsaturated/α-hetero) is 2. The Hall–Kier alpha value is -1.14. The standard InChI is InChI=1S/C8H11NO2/c1-3-4-5-7(9)8(11)6(2)10/h1,7H,4-5,9H2,2H3. The number of nitrogens with two attached hydrogens (primary N) is 1. The Morgan fingerprint density at radius 3 is 2.55 bits per heavy atom. The van der Waals surface area contributed by atoms with E-state index in [1.54, 1.807) is 0 Å². The van der Waals surface area contributed by atoms with E-state index in [1.165, 1.54) is 6.92 Å². The van der Waals surface area contributed by atoms with Crippen LogP contribution in [0.15, 0.2) is 0 Å². The van der Waals surface area contributed by atoms with Crippen LogP contribution in [0.3, 0.4) is 0 Å².